The zero-order chi connectivity index (χ0) is 14.0. The van der Waals surface area contributed by atoms with E-state index in [0.717, 1.165) is 5.56 Å². The molecule has 0 saturated heterocycles. The van der Waals surface area contributed by atoms with Crippen molar-refractivity contribution in [3.8, 4) is 0 Å². The maximum absolute atomic E-state index is 11.7. The lowest BCUT2D eigenvalue weighted by Gasteiger charge is -2.09. The Kier molecular flexibility index (Phi) is 4.46. The van der Waals surface area contributed by atoms with Crippen LogP contribution in [0.15, 0.2) is 29.2 Å². The molecule has 102 valence electrons. The topological polar surface area (TPSA) is 121 Å². The molecular weight excluding hydrogens is 282 g/mol. The van der Waals surface area contributed by atoms with Gasteiger partial charge in [-0.1, -0.05) is 17.7 Å². The summed E-state index contributed by atoms with van der Waals surface area (Å²) in [6.45, 7) is 0.959. The summed E-state index contributed by atoms with van der Waals surface area (Å²) in [6.07, 6.45) is 0. The van der Waals surface area contributed by atoms with E-state index in [0.29, 0.717) is 0 Å². The van der Waals surface area contributed by atoms with E-state index in [4.69, 9.17) is 9.66 Å². The zero-order valence-electron chi connectivity index (χ0n) is 9.44. The van der Waals surface area contributed by atoms with Crippen LogP contribution in [0.5, 0.6) is 0 Å². The van der Waals surface area contributed by atoms with Gasteiger partial charge in [-0.15, -0.1) is 0 Å². The van der Waals surface area contributed by atoms with Crippen LogP contribution in [0.4, 0.5) is 0 Å². The van der Waals surface area contributed by atoms with Crippen LogP contribution in [-0.2, 0) is 20.1 Å². The van der Waals surface area contributed by atoms with Crippen molar-refractivity contribution in [1.82, 2.24) is 4.72 Å². The smallest absolute Gasteiger partial charge is 0.293 e. The summed E-state index contributed by atoms with van der Waals surface area (Å²) in [5.41, 5.74) is -1.33. The van der Waals surface area contributed by atoms with E-state index in [2.05, 4.69) is 0 Å². The molecule has 3 N–H and O–H groups in total. The molecule has 0 bridgehead atoms. The lowest BCUT2D eigenvalue weighted by molar-refractivity contribution is 0.236. The lowest BCUT2D eigenvalue weighted by atomic mass is 10.2. The van der Waals surface area contributed by atoms with Crippen LogP contribution >= 0.6 is 0 Å². The molecule has 0 aromatic heterocycles. The fraction of sp³-hybridized carbons (Fsp3) is 0.333. The first-order valence-corrected chi connectivity index (χ1v) is 7.82. The minimum atomic E-state index is -4.69. The predicted octanol–water partition coefficient (Wildman–Crippen LogP) is -0.520. The van der Waals surface area contributed by atoms with Crippen LogP contribution in [0, 0.1) is 6.92 Å². The highest BCUT2D eigenvalue weighted by Gasteiger charge is 2.22. The van der Waals surface area contributed by atoms with Gasteiger partial charge in [0.05, 0.1) is 11.4 Å². The number of nitrogens with one attached hydrogen (secondary N) is 1. The minimum absolute atomic E-state index is 0.0596. The summed E-state index contributed by atoms with van der Waals surface area (Å²) in [5.74, 6) is 0. The molecule has 0 aliphatic carbocycles. The monoisotopic (exact) mass is 295 g/mol. The standard InChI is InChI=1S/C9H13NO6S2/c1-7-2-4-8(5-3-7)17(12,13)10-6-9(11)18(14,15)16/h2-5,9-11H,6H2,1H3,(H,14,15,16). The van der Waals surface area contributed by atoms with Crippen molar-refractivity contribution in [2.45, 2.75) is 17.3 Å². The quantitative estimate of drug-likeness (QED) is 0.628. The zero-order valence-corrected chi connectivity index (χ0v) is 11.1. The fourth-order valence-electron chi connectivity index (χ4n) is 1.09. The number of sulfonamides is 1. The van der Waals surface area contributed by atoms with Crippen LogP contribution in [-0.4, -0.2) is 38.5 Å². The predicted molar refractivity (Wildman–Crippen MR) is 63.9 cm³/mol. The summed E-state index contributed by atoms with van der Waals surface area (Å²) >= 11 is 0. The lowest BCUT2D eigenvalue weighted by Crippen LogP contribution is -2.36. The third kappa shape index (κ3) is 4.03. The highest BCUT2D eigenvalue weighted by molar-refractivity contribution is 7.89. The van der Waals surface area contributed by atoms with Gasteiger partial charge in [0.2, 0.25) is 10.0 Å². The van der Waals surface area contributed by atoms with E-state index in [1.54, 1.807) is 19.1 Å². The van der Waals surface area contributed by atoms with Gasteiger partial charge in [0.1, 0.15) is 0 Å². The van der Waals surface area contributed by atoms with E-state index >= 15 is 0 Å². The van der Waals surface area contributed by atoms with E-state index in [9.17, 15) is 16.8 Å². The fourth-order valence-corrected chi connectivity index (χ4v) is 2.52. The van der Waals surface area contributed by atoms with Gasteiger partial charge >= 0.3 is 0 Å². The molecule has 1 rings (SSSR count). The maximum atomic E-state index is 11.7. The van der Waals surface area contributed by atoms with Crippen molar-refractivity contribution in [2.75, 3.05) is 6.54 Å². The third-order valence-corrected chi connectivity index (χ3v) is 4.42. The van der Waals surface area contributed by atoms with Crippen LogP contribution in [0.25, 0.3) is 0 Å². The number of benzene rings is 1. The van der Waals surface area contributed by atoms with Gasteiger partial charge in [0, 0.05) is 0 Å². The number of hydrogen-bond donors (Lipinski definition) is 3. The highest BCUT2D eigenvalue weighted by atomic mass is 32.2. The average Bonchev–Trinajstić information content (AvgIpc) is 2.25. The first-order valence-electron chi connectivity index (χ1n) is 4.83. The molecule has 1 atom stereocenters. The Bertz CT molecular complexity index is 605. The van der Waals surface area contributed by atoms with Crippen molar-refractivity contribution >= 4 is 20.1 Å². The third-order valence-electron chi connectivity index (χ3n) is 2.12. The van der Waals surface area contributed by atoms with Crippen molar-refractivity contribution in [1.29, 1.82) is 0 Å². The van der Waals surface area contributed by atoms with E-state index in [1.165, 1.54) is 12.1 Å². The Hall–Kier alpha value is -1.00. The molecular formula is C9H13NO6S2. The van der Waals surface area contributed by atoms with E-state index in [-0.39, 0.29) is 4.90 Å². The molecule has 0 fully saturated rings. The molecule has 9 heteroatoms. The normalized spacial score (nSPS) is 14.4. The molecule has 1 unspecified atom stereocenters. The van der Waals surface area contributed by atoms with Gasteiger partial charge in [-0.3, -0.25) is 4.55 Å². The number of aliphatic hydroxyl groups excluding tert-OH is 1. The average molecular weight is 295 g/mol. The number of aryl methyl sites for hydroxylation is 1. The molecule has 0 aliphatic rings. The largest absolute Gasteiger partial charge is 0.374 e. The maximum Gasteiger partial charge on any atom is 0.293 e. The second-order valence-corrected chi connectivity index (χ2v) is 6.98. The Labute approximate surface area is 105 Å². The van der Waals surface area contributed by atoms with E-state index < -0.39 is 32.1 Å². The first-order chi connectivity index (χ1) is 8.13. The van der Waals surface area contributed by atoms with Crippen molar-refractivity contribution < 1.29 is 26.5 Å². The molecule has 0 saturated carbocycles. The van der Waals surface area contributed by atoms with Crippen LogP contribution in [0.1, 0.15) is 5.56 Å². The minimum Gasteiger partial charge on any atom is -0.374 e. The highest BCUT2D eigenvalue weighted by Crippen LogP contribution is 2.09. The summed E-state index contributed by atoms with van der Waals surface area (Å²) in [4.78, 5) is -0.0596. The van der Waals surface area contributed by atoms with Crippen LogP contribution in [0.2, 0.25) is 0 Å². The van der Waals surface area contributed by atoms with Gasteiger partial charge in [-0.2, -0.15) is 8.42 Å². The van der Waals surface area contributed by atoms with Gasteiger partial charge in [0.25, 0.3) is 10.1 Å². The molecule has 0 heterocycles. The van der Waals surface area contributed by atoms with Crippen molar-refractivity contribution in [2.24, 2.45) is 0 Å². The van der Waals surface area contributed by atoms with Gasteiger partial charge in [-0.05, 0) is 19.1 Å². The van der Waals surface area contributed by atoms with Gasteiger partial charge in [-0.25, -0.2) is 13.1 Å². The van der Waals surface area contributed by atoms with Gasteiger partial charge in [0.15, 0.2) is 5.44 Å². The molecule has 18 heavy (non-hydrogen) atoms. The SMILES string of the molecule is Cc1ccc(S(=O)(=O)NCC(O)S(=O)(=O)O)cc1. The second-order valence-electron chi connectivity index (χ2n) is 3.63. The number of hydrogen-bond acceptors (Lipinski definition) is 5. The van der Waals surface area contributed by atoms with E-state index in [1.807, 2.05) is 4.72 Å². The molecule has 0 aliphatic heterocycles. The summed E-state index contributed by atoms with van der Waals surface area (Å²) < 4.78 is 54.7. The molecule has 7 nitrogen and oxygen atoms in total. The molecule has 0 radical (unpaired) electrons. The summed E-state index contributed by atoms with van der Waals surface area (Å²) in [7, 11) is -8.60. The summed E-state index contributed by atoms with van der Waals surface area (Å²) in [6, 6.07) is 5.84. The van der Waals surface area contributed by atoms with Crippen LogP contribution in [0.3, 0.4) is 0 Å². The number of aliphatic hydroxyl groups is 1. The molecule has 1 aromatic rings. The Morgan fingerprint density at radius 3 is 2.11 bits per heavy atom. The van der Waals surface area contributed by atoms with Crippen LogP contribution < -0.4 is 4.72 Å². The number of rotatable bonds is 5. The Balaban J connectivity index is 2.81. The molecule has 0 spiro atoms. The second kappa shape index (κ2) is 5.33. The first kappa shape index (κ1) is 15.1. The summed E-state index contributed by atoms with van der Waals surface area (Å²) in [5, 5.41) is 8.98. The van der Waals surface area contributed by atoms with Crippen molar-refractivity contribution in [3.05, 3.63) is 29.8 Å². The Morgan fingerprint density at radius 2 is 1.67 bits per heavy atom. The molecule has 1 aromatic carbocycles. The molecule has 0 amide bonds. The van der Waals surface area contributed by atoms with Crippen molar-refractivity contribution in [3.63, 3.8) is 0 Å². The Morgan fingerprint density at radius 1 is 1.17 bits per heavy atom. The van der Waals surface area contributed by atoms with Gasteiger partial charge < -0.3 is 5.11 Å².